The predicted octanol–water partition coefficient (Wildman–Crippen LogP) is 3.76. The van der Waals surface area contributed by atoms with Gasteiger partial charge in [0.2, 0.25) is 0 Å². The maximum atomic E-state index is 9.93. The molecule has 0 fully saturated rings. The fraction of sp³-hybridized carbons (Fsp3) is 0.0588. The van der Waals surface area contributed by atoms with Crippen molar-refractivity contribution in [2.75, 3.05) is 0 Å². The third-order valence-electron chi connectivity index (χ3n) is 2.34. The molecular weight excluding hydrogens is 389 g/mol. The summed E-state index contributed by atoms with van der Waals surface area (Å²) in [7, 11) is 0. The molecule has 0 aliphatic carbocycles. The summed E-state index contributed by atoms with van der Waals surface area (Å²) >= 11 is 0. The average molecular weight is 404 g/mol. The van der Waals surface area contributed by atoms with E-state index in [1.54, 1.807) is 43.3 Å². The monoisotopic (exact) mass is 404 g/mol. The van der Waals surface area contributed by atoms with Gasteiger partial charge in [0.05, 0.1) is 6.26 Å². The Morgan fingerprint density at radius 2 is 1.42 bits per heavy atom. The summed E-state index contributed by atoms with van der Waals surface area (Å²) in [5.74, 6) is 2.39. The standard InChI is InChI=1S/C6H6O2.C6H5O2.C5H4O2.Y/c2*1-5-2-3-6(4-7)8-5;6-4-5-2-1-3-7-5;/h2-4H,1H3;2-4H,1H2;1-4H;/q;-1;;. The molecule has 0 aliphatic heterocycles. The van der Waals surface area contributed by atoms with Crippen LogP contribution >= 0.6 is 0 Å². The van der Waals surface area contributed by atoms with Gasteiger partial charge in [-0.2, -0.15) is 6.07 Å². The Kier molecular flexibility index (Phi) is 11.2. The van der Waals surface area contributed by atoms with Gasteiger partial charge in [0.1, 0.15) is 11.5 Å². The molecule has 3 heterocycles. The van der Waals surface area contributed by atoms with Gasteiger partial charge in [0.25, 0.3) is 0 Å². The zero-order chi connectivity index (χ0) is 17.1. The minimum atomic E-state index is 0. The topological polar surface area (TPSA) is 90.6 Å². The molecule has 0 saturated carbocycles. The fourth-order valence-corrected chi connectivity index (χ4v) is 1.33. The van der Waals surface area contributed by atoms with E-state index in [0.29, 0.717) is 41.9 Å². The summed E-state index contributed by atoms with van der Waals surface area (Å²) in [5, 5.41) is 0. The zero-order valence-corrected chi connectivity index (χ0v) is 15.8. The Morgan fingerprint density at radius 3 is 1.67 bits per heavy atom. The van der Waals surface area contributed by atoms with E-state index in [1.165, 1.54) is 6.26 Å². The molecule has 0 amide bonds. The summed E-state index contributed by atoms with van der Waals surface area (Å²) < 4.78 is 14.2. The van der Waals surface area contributed by atoms with Crippen molar-refractivity contribution in [1.29, 1.82) is 0 Å². The van der Waals surface area contributed by atoms with Gasteiger partial charge >= 0.3 is 0 Å². The van der Waals surface area contributed by atoms with Crippen molar-refractivity contribution in [2.24, 2.45) is 0 Å². The predicted molar refractivity (Wildman–Crippen MR) is 81.5 cm³/mol. The minimum Gasteiger partial charge on any atom is -0.493 e. The van der Waals surface area contributed by atoms with Gasteiger partial charge in [-0.3, -0.25) is 14.4 Å². The third kappa shape index (κ3) is 8.45. The number of aldehydes is 3. The maximum Gasteiger partial charge on any atom is 0.185 e. The first-order valence-corrected chi connectivity index (χ1v) is 6.46. The van der Waals surface area contributed by atoms with E-state index in [2.05, 4.69) is 11.3 Å². The first kappa shape index (κ1) is 21.8. The van der Waals surface area contributed by atoms with Gasteiger partial charge in [0.15, 0.2) is 30.4 Å². The Hall–Kier alpha value is -2.18. The molecule has 0 aromatic carbocycles. The summed E-state index contributed by atoms with van der Waals surface area (Å²) in [5.41, 5.74) is 0. The third-order valence-corrected chi connectivity index (χ3v) is 2.34. The van der Waals surface area contributed by atoms with Crippen LogP contribution in [0.3, 0.4) is 0 Å². The molecule has 3 aromatic rings. The van der Waals surface area contributed by atoms with Crippen molar-refractivity contribution in [3.8, 4) is 0 Å². The van der Waals surface area contributed by atoms with E-state index in [0.717, 1.165) is 5.76 Å². The number of hydrogen-bond donors (Lipinski definition) is 0. The van der Waals surface area contributed by atoms with Crippen LogP contribution in [-0.4, -0.2) is 18.9 Å². The van der Waals surface area contributed by atoms with Crippen LogP contribution in [0, 0.1) is 13.8 Å². The molecule has 6 nitrogen and oxygen atoms in total. The number of aryl methyl sites for hydroxylation is 1. The second-order valence-corrected chi connectivity index (χ2v) is 4.12. The van der Waals surface area contributed by atoms with E-state index in [1.807, 2.05) is 0 Å². The van der Waals surface area contributed by atoms with Crippen LogP contribution in [0.4, 0.5) is 0 Å². The van der Waals surface area contributed by atoms with Crippen molar-refractivity contribution in [3.05, 3.63) is 78.4 Å². The number of carbonyl (C=O) groups is 3. The van der Waals surface area contributed by atoms with E-state index in [9.17, 15) is 14.4 Å². The van der Waals surface area contributed by atoms with Crippen LogP contribution < -0.4 is 0 Å². The van der Waals surface area contributed by atoms with Crippen LogP contribution in [0.5, 0.6) is 0 Å². The molecule has 0 spiro atoms. The van der Waals surface area contributed by atoms with Crippen LogP contribution in [0.25, 0.3) is 0 Å². The van der Waals surface area contributed by atoms with Gasteiger partial charge in [-0.25, -0.2) is 6.92 Å². The normalized spacial score (nSPS) is 8.54. The summed E-state index contributed by atoms with van der Waals surface area (Å²) in [6.45, 7) is 5.26. The van der Waals surface area contributed by atoms with E-state index < -0.39 is 0 Å². The maximum absolute atomic E-state index is 9.93. The Bertz CT molecular complexity index is 680. The van der Waals surface area contributed by atoms with Crippen molar-refractivity contribution in [1.82, 2.24) is 0 Å². The molecule has 0 unspecified atom stereocenters. The summed E-state index contributed by atoms with van der Waals surface area (Å²) in [6.07, 6.45) is 3.46. The van der Waals surface area contributed by atoms with Crippen LogP contribution in [0.2, 0.25) is 0 Å². The molecule has 0 saturated heterocycles. The molecule has 0 aliphatic rings. The van der Waals surface area contributed by atoms with E-state index in [-0.39, 0.29) is 32.7 Å². The first-order chi connectivity index (χ1) is 11.1. The van der Waals surface area contributed by atoms with Crippen molar-refractivity contribution < 1.29 is 60.3 Å². The van der Waals surface area contributed by atoms with Crippen LogP contribution in [0.1, 0.15) is 43.2 Å². The molecule has 3 aromatic heterocycles. The molecule has 0 bridgehead atoms. The number of carbonyl (C=O) groups excluding carboxylic acids is 3. The number of furan rings is 3. The second kappa shape index (κ2) is 12.3. The first-order valence-electron chi connectivity index (χ1n) is 6.46. The Labute approximate surface area is 164 Å². The molecule has 7 heteroatoms. The van der Waals surface area contributed by atoms with E-state index in [4.69, 9.17) is 8.83 Å². The largest absolute Gasteiger partial charge is 0.493 e. The van der Waals surface area contributed by atoms with Gasteiger partial charge < -0.3 is 13.3 Å². The van der Waals surface area contributed by atoms with Crippen molar-refractivity contribution in [3.63, 3.8) is 0 Å². The fourth-order valence-electron chi connectivity index (χ4n) is 1.33. The van der Waals surface area contributed by atoms with Gasteiger partial charge in [-0.05, 0) is 36.9 Å². The van der Waals surface area contributed by atoms with Gasteiger partial charge in [-0.15, -0.1) is 0 Å². The van der Waals surface area contributed by atoms with Crippen molar-refractivity contribution in [2.45, 2.75) is 6.92 Å². The SMILES string of the molecule is Cc1ccc(C=O)o1.O=Cc1ccco1.[CH2-]c1ccc(C=O)o1.[Y]. The molecule has 1 radical (unpaired) electrons. The van der Waals surface area contributed by atoms with E-state index >= 15 is 0 Å². The van der Waals surface area contributed by atoms with Gasteiger partial charge in [-0.1, -0.05) is 6.07 Å². The van der Waals surface area contributed by atoms with Crippen molar-refractivity contribution >= 4 is 18.9 Å². The average Bonchev–Trinajstić information content (AvgIpc) is 3.29. The minimum absolute atomic E-state index is 0. The molecule has 0 atom stereocenters. The number of hydrogen-bond acceptors (Lipinski definition) is 6. The smallest absolute Gasteiger partial charge is 0.185 e. The molecule has 3 rings (SSSR count). The zero-order valence-electron chi connectivity index (χ0n) is 13.0. The van der Waals surface area contributed by atoms with Crippen LogP contribution in [-0.2, 0) is 32.7 Å². The van der Waals surface area contributed by atoms with Gasteiger partial charge in [0, 0.05) is 32.7 Å². The molecule has 24 heavy (non-hydrogen) atoms. The Balaban J connectivity index is 0.000000325. The van der Waals surface area contributed by atoms with Crippen LogP contribution in [0.15, 0.2) is 55.9 Å². The number of rotatable bonds is 3. The Morgan fingerprint density at radius 1 is 0.833 bits per heavy atom. The summed E-state index contributed by atoms with van der Waals surface area (Å²) in [4.78, 5) is 29.6. The second-order valence-electron chi connectivity index (χ2n) is 4.12. The molecule has 0 N–H and O–H groups in total. The molecule has 123 valence electrons. The quantitative estimate of drug-likeness (QED) is 0.488. The summed E-state index contributed by atoms with van der Waals surface area (Å²) in [6, 6.07) is 9.89. The molecular formula is C17H15O6Y-.